The zero-order valence-electron chi connectivity index (χ0n) is 15.9. The highest BCUT2D eigenvalue weighted by Gasteiger charge is 2.32. The molecule has 158 valence electrons. The smallest absolute Gasteiger partial charge is 0.269 e. The van der Waals surface area contributed by atoms with E-state index in [1.165, 1.54) is 40.9 Å². The lowest BCUT2D eigenvalue weighted by molar-refractivity contribution is -0.384. The van der Waals surface area contributed by atoms with E-state index in [2.05, 4.69) is 5.32 Å². The molecule has 2 aliphatic rings. The van der Waals surface area contributed by atoms with Crippen LogP contribution < -0.4 is 14.8 Å². The van der Waals surface area contributed by atoms with Crippen molar-refractivity contribution in [1.82, 2.24) is 4.90 Å². The predicted octanol–water partition coefficient (Wildman–Crippen LogP) is 3.55. The lowest BCUT2D eigenvalue weighted by Crippen LogP contribution is -2.31. The van der Waals surface area contributed by atoms with E-state index in [-0.39, 0.29) is 37.3 Å². The van der Waals surface area contributed by atoms with Gasteiger partial charge in [0.1, 0.15) is 4.32 Å². The summed E-state index contributed by atoms with van der Waals surface area (Å²) in [5.41, 5.74) is 1.15. The Labute approximate surface area is 186 Å². The first kappa shape index (κ1) is 20.8. The van der Waals surface area contributed by atoms with Crippen LogP contribution in [0.25, 0.3) is 6.08 Å². The maximum Gasteiger partial charge on any atom is 0.269 e. The standard InChI is InChI=1S/C20H15N3O6S2/c24-18(21-13-2-4-14(5-3-13)23(26)27)7-8-22-19(25)17(31-20(22)30)10-12-1-6-15-16(9-12)29-11-28-15/h1-6,9-10H,7-8,11H2,(H,21,24)/b17-10-. The molecule has 2 aliphatic heterocycles. The van der Waals surface area contributed by atoms with E-state index in [0.29, 0.717) is 26.4 Å². The van der Waals surface area contributed by atoms with Gasteiger partial charge < -0.3 is 14.8 Å². The molecule has 0 atom stereocenters. The molecule has 0 aliphatic carbocycles. The molecular formula is C20H15N3O6S2. The number of amides is 2. The number of nitrogens with zero attached hydrogens (tertiary/aromatic N) is 2. The molecule has 2 amide bonds. The third-order valence-electron chi connectivity index (χ3n) is 4.49. The van der Waals surface area contributed by atoms with Crippen LogP contribution in [-0.4, -0.2) is 39.3 Å². The maximum absolute atomic E-state index is 12.7. The monoisotopic (exact) mass is 457 g/mol. The molecule has 2 aromatic rings. The Morgan fingerprint density at radius 1 is 1.23 bits per heavy atom. The Balaban J connectivity index is 1.35. The molecule has 11 heteroatoms. The Morgan fingerprint density at radius 3 is 2.71 bits per heavy atom. The van der Waals surface area contributed by atoms with Gasteiger partial charge in [0.25, 0.3) is 11.6 Å². The highest BCUT2D eigenvalue weighted by atomic mass is 32.2. The summed E-state index contributed by atoms with van der Waals surface area (Å²) in [6.07, 6.45) is 1.75. The van der Waals surface area contributed by atoms with Gasteiger partial charge in [-0.1, -0.05) is 30.0 Å². The summed E-state index contributed by atoms with van der Waals surface area (Å²) < 4.78 is 11.0. The molecule has 2 heterocycles. The topological polar surface area (TPSA) is 111 Å². The number of non-ortho nitro benzene ring substituents is 1. The van der Waals surface area contributed by atoms with Crippen LogP contribution in [0.1, 0.15) is 12.0 Å². The molecule has 0 radical (unpaired) electrons. The number of carbonyl (C=O) groups is 2. The molecule has 0 aromatic heterocycles. The lowest BCUT2D eigenvalue weighted by Gasteiger charge is -2.14. The first-order chi connectivity index (χ1) is 14.9. The van der Waals surface area contributed by atoms with Crippen molar-refractivity contribution >= 4 is 57.6 Å². The van der Waals surface area contributed by atoms with Crippen LogP contribution in [0.15, 0.2) is 47.4 Å². The van der Waals surface area contributed by atoms with Crippen molar-refractivity contribution in [3.05, 3.63) is 63.0 Å². The van der Waals surface area contributed by atoms with Crippen molar-refractivity contribution in [2.45, 2.75) is 6.42 Å². The molecule has 31 heavy (non-hydrogen) atoms. The second-order valence-electron chi connectivity index (χ2n) is 6.55. The van der Waals surface area contributed by atoms with Gasteiger partial charge in [-0.25, -0.2) is 0 Å². The number of ether oxygens (including phenoxy) is 2. The number of thiocarbonyl (C=S) groups is 1. The average molecular weight is 457 g/mol. The number of fused-ring (bicyclic) bond motifs is 1. The zero-order valence-corrected chi connectivity index (χ0v) is 17.5. The van der Waals surface area contributed by atoms with Gasteiger partial charge in [-0.3, -0.25) is 24.6 Å². The number of benzene rings is 2. The molecule has 1 N–H and O–H groups in total. The van der Waals surface area contributed by atoms with Gasteiger partial charge in [0.05, 0.1) is 9.83 Å². The van der Waals surface area contributed by atoms with Gasteiger partial charge in [-0.15, -0.1) is 0 Å². The second-order valence-corrected chi connectivity index (χ2v) is 8.22. The van der Waals surface area contributed by atoms with Crippen molar-refractivity contribution in [2.75, 3.05) is 18.7 Å². The molecule has 2 aromatic carbocycles. The summed E-state index contributed by atoms with van der Waals surface area (Å²) in [7, 11) is 0. The average Bonchev–Trinajstić information content (AvgIpc) is 3.31. The fourth-order valence-electron chi connectivity index (χ4n) is 2.95. The summed E-state index contributed by atoms with van der Waals surface area (Å²) in [5.74, 6) is 0.675. The Kier molecular flexibility index (Phi) is 5.87. The van der Waals surface area contributed by atoms with E-state index in [0.717, 1.165) is 5.56 Å². The van der Waals surface area contributed by atoms with Gasteiger partial charge in [-0.05, 0) is 35.9 Å². The van der Waals surface area contributed by atoms with E-state index in [1.807, 2.05) is 6.07 Å². The largest absolute Gasteiger partial charge is 0.454 e. The molecule has 0 bridgehead atoms. The number of nitro benzene ring substituents is 1. The van der Waals surface area contributed by atoms with Crippen LogP contribution >= 0.6 is 24.0 Å². The fourth-order valence-corrected chi connectivity index (χ4v) is 4.26. The van der Waals surface area contributed by atoms with Crippen molar-refractivity contribution in [1.29, 1.82) is 0 Å². The molecule has 0 spiro atoms. The van der Waals surface area contributed by atoms with Gasteiger partial charge >= 0.3 is 0 Å². The number of hydrogen-bond acceptors (Lipinski definition) is 8. The van der Waals surface area contributed by atoms with Crippen molar-refractivity contribution in [3.8, 4) is 11.5 Å². The Bertz CT molecular complexity index is 1120. The van der Waals surface area contributed by atoms with Crippen LogP contribution in [0.3, 0.4) is 0 Å². The number of nitro groups is 1. The molecule has 0 saturated carbocycles. The summed E-state index contributed by atoms with van der Waals surface area (Å²) >= 11 is 6.47. The normalized spacial score (nSPS) is 16.1. The van der Waals surface area contributed by atoms with Crippen LogP contribution in [0.2, 0.25) is 0 Å². The van der Waals surface area contributed by atoms with Gasteiger partial charge in [0, 0.05) is 30.8 Å². The van der Waals surface area contributed by atoms with Crippen LogP contribution in [0.4, 0.5) is 11.4 Å². The Morgan fingerprint density at radius 2 is 1.97 bits per heavy atom. The van der Waals surface area contributed by atoms with Gasteiger partial charge in [-0.2, -0.15) is 0 Å². The summed E-state index contributed by atoms with van der Waals surface area (Å²) in [5, 5.41) is 13.3. The van der Waals surface area contributed by atoms with Crippen LogP contribution in [0, 0.1) is 10.1 Å². The van der Waals surface area contributed by atoms with Gasteiger partial charge in [0.2, 0.25) is 12.7 Å². The fraction of sp³-hybridized carbons (Fsp3) is 0.150. The first-order valence-electron chi connectivity index (χ1n) is 9.10. The van der Waals surface area contributed by atoms with Crippen molar-refractivity contribution < 1.29 is 24.0 Å². The molecule has 0 unspecified atom stereocenters. The van der Waals surface area contributed by atoms with Gasteiger partial charge in [0.15, 0.2) is 11.5 Å². The minimum atomic E-state index is -0.516. The summed E-state index contributed by atoms with van der Waals surface area (Å²) in [6.45, 7) is 0.296. The molecule has 4 rings (SSSR count). The molecule has 9 nitrogen and oxygen atoms in total. The highest BCUT2D eigenvalue weighted by Crippen LogP contribution is 2.36. The molecule has 1 saturated heterocycles. The van der Waals surface area contributed by atoms with Crippen LogP contribution in [-0.2, 0) is 9.59 Å². The molecular weight excluding hydrogens is 442 g/mol. The van der Waals surface area contributed by atoms with Crippen molar-refractivity contribution in [3.63, 3.8) is 0 Å². The van der Waals surface area contributed by atoms with E-state index < -0.39 is 4.92 Å². The quantitative estimate of drug-likeness (QED) is 0.303. The number of anilines is 1. The van der Waals surface area contributed by atoms with E-state index in [9.17, 15) is 19.7 Å². The first-order valence-corrected chi connectivity index (χ1v) is 10.3. The maximum atomic E-state index is 12.7. The van der Waals surface area contributed by atoms with E-state index in [4.69, 9.17) is 21.7 Å². The lowest BCUT2D eigenvalue weighted by atomic mass is 10.2. The third kappa shape index (κ3) is 4.67. The SMILES string of the molecule is O=C(CCN1C(=O)/C(=C/c2ccc3c(c2)OCO3)SC1=S)Nc1ccc([N+](=O)[O-])cc1. The minimum absolute atomic E-state index is 0.0285. The number of thioether (sulfide) groups is 1. The Hall–Kier alpha value is -3.44. The second kappa shape index (κ2) is 8.74. The minimum Gasteiger partial charge on any atom is -0.454 e. The summed E-state index contributed by atoms with van der Waals surface area (Å²) in [6, 6.07) is 10.9. The summed E-state index contributed by atoms with van der Waals surface area (Å²) in [4.78, 5) is 36.9. The number of nitrogens with one attached hydrogen (secondary N) is 1. The van der Waals surface area contributed by atoms with Crippen molar-refractivity contribution in [2.24, 2.45) is 0 Å². The number of carbonyl (C=O) groups excluding carboxylic acids is 2. The van der Waals surface area contributed by atoms with E-state index in [1.54, 1.807) is 18.2 Å². The van der Waals surface area contributed by atoms with E-state index >= 15 is 0 Å². The van der Waals surface area contributed by atoms with Crippen LogP contribution in [0.5, 0.6) is 11.5 Å². The predicted molar refractivity (Wildman–Crippen MR) is 119 cm³/mol. The third-order valence-corrected chi connectivity index (χ3v) is 5.87. The zero-order chi connectivity index (χ0) is 22.0. The highest BCUT2D eigenvalue weighted by molar-refractivity contribution is 8.26. The number of hydrogen-bond donors (Lipinski definition) is 1. The molecule has 1 fully saturated rings. The number of rotatable bonds is 6.